The maximum absolute atomic E-state index is 5.80. The third-order valence-electron chi connectivity index (χ3n) is 3.05. The molecule has 0 saturated carbocycles. The van der Waals surface area contributed by atoms with Gasteiger partial charge in [-0.2, -0.15) is 4.62 Å². The third-order valence-corrected chi connectivity index (χ3v) is 11.4. The summed E-state index contributed by atoms with van der Waals surface area (Å²) < 4.78 is 16.0. The average Bonchev–Trinajstić information content (AvgIpc) is 2.88. The van der Waals surface area contributed by atoms with Gasteiger partial charge in [0.1, 0.15) is 4.87 Å². The van der Waals surface area contributed by atoms with Crippen LogP contribution in [0, 0.1) is 0 Å². The van der Waals surface area contributed by atoms with E-state index in [0.717, 1.165) is 35.5 Å². The van der Waals surface area contributed by atoms with E-state index < -0.39 is 5.69 Å². The van der Waals surface area contributed by atoms with Crippen LogP contribution in [0.2, 0.25) is 0 Å². The van der Waals surface area contributed by atoms with Crippen LogP contribution in [-0.2, 0) is 31.6 Å². The average molecular weight is 402 g/mol. The van der Waals surface area contributed by atoms with Gasteiger partial charge in [0.05, 0.1) is 12.5 Å². The predicted octanol–water partition coefficient (Wildman–Crippen LogP) is 4.24. The molecule has 2 rings (SSSR count). The number of amidine groups is 1. The van der Waals surface area contributed by atoms with Crippen LogP contribution >= 0.6 is 28.8 Å². The Morgan fingerprint density at radius 3 is 3.00 bits per heavy atom. The van der Waals surface area contributed by atoms with Crippen LogP contribution in [0.3, 0.4) is 0 Å². The molecule has 2 aliphatic rings. The van der Waals surface area contributed by atoms with Gasteiger partial charge in [-0.05, 0) is 49.7 Å². The molecule has 2 unspecified atom stereocenters. The molecule has 0 N–H and O–H groups in total. The van der Waals surface area contributed by atoms with Crippen molar-refractivity contribution in [3.8, 4) is 0 Å². The van der Waals surface area contributed by atoms with Gasteiger partial charge in [0, 0.05) is 18.1 Å². The highest BCUT2D eigenvalue weighted by molar-refractivity contribution is 8.67. The maximum atomic E-state index is 5.80. The molecule has 0 bridgehead atoms. The fraction of sp³-hybridized carbons (Fsp3) is 0.917. The smallest absolute Gasteiger partial charge is 0.273 e. The van der Waals surface area contributed by atoms with Crippen molar-refractivity contribution in [2.75, 3.05) is 30.5 Å². The van der Waals surface area contributed by atoms with E-state index in [4.69, 9.17) is 25.9 Å². The second kappa shape index (κ2) is 8.32. The lowest BCUT2D eigenvalue weighted by Crippen LogP contribution is -2.42. The molecule has 2 atom stereocenters. The fourth-order valence-electron chi connectivity index (χ4n) is 1.89. The summed E-state index contributed by atoms with van der Waals surface area (Å²) in [6.07, 6.45) is 1.05. The zero-order chi connectivity index (χ0) is 16.2. The van der Waals surface area contributed by atoms with Crippen molar-refractivity contribution in [1.82, 2.24) is 4.90 Å². The number of nitrogens with zero attached hydrogens (tertiary/aromatic N) is 3. The van der Waals surface area contributed by atoms with Gasteiger partial charge < -0.3 is 9.42 Å². The third kappa shape index (κ3) is 4.94. The topological polar surface area (TPSA) is 46.4 Å². The van der Waals surface area contributed by atoms with Crippen LogP contribution < -0.4 is 0 Å². The highest BCUT2D eigenvalue weighted by Crippen LogP contribution is 2.61. The first-order valence-corrected chi connectivity index (χ1v) is 13.9. The minimum Gasteiger partial charge on any atom is -0.340 e. The summed E-state index contributed by atoms with van der Waals surface area (Å²) in [7, 11) is -0.326. The van der Waals surface area contributed by atoms with Gasteiger partial charge in [0.25, 0.3) is 5.69 Å². The van der Waals surface area contributed by atoms with Crippen molar-refractivity contribution < 1.29 is 9.15 Å². The van der Waals surface area contributed by atoms with Crippen LogP contribution in [0.15, 0.2) is 9.52 Å². The number of thioether (sulfide) groups is 1. The number of rotatable bonds is 7. The highest BCUT2D eigenvalue weighted by Gasteiger charge is 2.35. The lowest BCUT2D eigenvalue weighted by molar-refractivity contribution is 0.283. The number of hydrogen-bond acceptors (Lipinski definition) is 8. The van der Waals surface area contributed by atoms with Gasteiger partial charge in [-0.1, -0.05) is 34.6 Å². The molecule has 0 aromatic rings. The Balaban J connectivity index is 2.12. The van der Waals surface area contributed by atoms with E-state index >= 15 is 0 Å². The monoisotopic (exact) mass is 401 g/mol. The standard InChI is InChI=1S/C12H24N3O2PS4/c1-5-8-21-18(19,16-6-2)17-14-22-10-15-7-9-20-11(15)13-12(22,3)4/h5-10H2,1-4H3. The molecule has 10 heteroatoms. The highest BCUT2D eigenvalue weighted by atomic mass is 32.9. The molecule has 0 spiro atoms. The van der Waals surface area contributed by atoms with E-state index in [1.807, 2.05) is 18.7 Å². The van der Waals surface area contributed by atoms with E-state index in [0.29, 0.717) is 6.61 Å². The van der Waals surface area contributed by atoms with Crippen LogP contribution in [-0.4, -0.2) is 45.5 Å². The molecule has 1 fully saturated rings. The molecule has 2 aliphatic heterocycles. The Morgan fingerprint density at radius 2 is 2.32 bits per heavy atom. The lowest BCUT2D eigenvalue weighted by atomic mass is 10.4. The maximum Gasteiger partial charge on any atom is 0.273 e. The van der Waals surface area contributed by atoms with Gasteiger partial charge in [-0.25, -0.2) is 4.99 Å². The van der Waals surface area contributed by atoms with Crippen LogP contribution in [0.5, 0.6) is 0 Å². The van der Waals surface area contributed by atoms with E-state index in [-0.39, 0.29) is 15.6 Å². The second-order valence-electron chi connectivity index (χ2n) is 5.30. The Morgan fingerprint density at radius 1 is 1.55 bits per heavy atom. The van der Waals surface area contributed by atoms with Gasteiger partial charge in [-0.15, -0.1) is 0 Å². The summed E-state index contributed by atoms with van der Waals surface area (Å²) >= 11 is 9.01. The van der Waals surface area contributed by atoms with Crippen molar-refractivity contribution in [3.05, 3.63) is 0 Å². The first-order chi connectivity index (χ1) is 10.4. The Bertz CT molecular complexity index is 513. The molecule has 0 aromatic heterocycles. The second-order valence-corrected chi connectivity index (χ2v) is 14.8. The van der Waals surface area contributed by atoms with Crippen molar-refractivity contribution in [2.24, 2.45) is 9.52 Å². The molecule has 0 radical (unpaired) electrons. The van der Waals surface area contributed by atoms with Crippen molar-refractivity contribution >= 4 is 56.5 Å². The lowest BCUT2D eigenvalue weighted by Gasteiger charge is -2.34. The summed E-state index contributed by atoms with van der Waals surface area (Å²) in [5.74, 6) is 2.92. The van der Waals surface area contributed by atoms with Crippen molar-refractivity contribution in [2.45, 2.75) is 39.0 Å². The summed E-state index contributed by atoms with van der Waals surface area (Å²) in [5.41, 5.74) is -2.37. The molecule has 0 amide bonds. The zero-order valence-corrected chi connectivity index (χ0v) is 17.6. The van der Waals surface area contributed by atoms with E-state index in [1.165, 1.54) is 0 Å². The molecule has 5 nitrogen and oxygen atoms in total. The van der Waals surface area contributed by atoms with Crippen LogP contribution in [0.4, 0.5) is 0 Å². The number of hydrogen-bond donors (Lipinski definition) is 0. The molecule has 2 heterocycles. The largest absolute Gasteiger partial charge is 0.340 e. The molecule has 1 saturated heterocycles. The van der Waals surface area contributed by atoms with Gasteiger partial charge in [0.15, 0.2) is 5.17 Å². The molecule has 22 heavy (non-hydrogen) atoms. The molecule has 0 aromatic carbocycles. The van der Waals surface area contributed by atoms with Crippen LogP contribution in [0.1, 0.15) is 34.1 Å². The van der Waals surface area contributed by atoms with Crippen molar-refractivity contribution in [1.29, 1.82) is 0 Å². The SMILES string of the molecule is CCCSP(=S)(OCC)ON=S1CN2CCSC2=NC1(C)C. The zero-order valence-electron chi connectivity index (χ0n) is 13.5. The van der Waals surface area contributed by atoms with E-state index in [2.05, 4.69) is 30.2 Å². The molecule has 128 valence electrons. The van der Waals surface area contributed by atoms with E-state index in [1.54, 1.807) is 11.4 Å². The summed E-state index contributed by atoms with van der Waals surface area (Å²) in [5, 5.41) is 1.15. The van der Waals surface area contributed by atoms with Gasteiger partial charge >= 0.3 is 0 Å². The van der Waals surface area contributed by atoms with Crippen LogP contribution in [0.25, 0.3) is 0 Å². The van der Waals surface area contributed by atoms with Crippen molar-refractivity contribution in [3.63, 3.8) is 0 Å². The Kier molecular flexibility index (Phi) is 7.27. The predicted molar refractivity (Wildman–Crippen MR) is 105 cm³/mol. The molecule has 0 aliphatic carbocycles. The first kappa shape index (κ1) is 19.2. The first-order valence-electron chi connectivity index (χ1n) is 7.38. The molecular weight excluding hydrogens is 377 g/mol. The number of fused-ring (bicyclic) bond motifs is 1. The minimum absolute atomic E-state index is 0.231. The summed E-state index contributed by atoms with van der Waals surface area (Å²) in [4.78, 5) is 6.91. The normalized spacial score (nSPS) is 26.6. The van der Waals surface area contributed by atoms with E-state index in [9.17, 15) is 0 Å². The fourth-order valence-corrected chi connectivity index (χ4v) is 9.35. The summed E-state index contributed by atoms with van der Waals surface area (Å²) in [6, 6.07) is 0. The Labute approximate surface area is 149 Å². The van der Waals surface area contributed by atoms with Gasteiger partial charge in [0.2, 0.25) is 0 Å². The Hall–Kier alpha value is 0.890. The number of aliphatic imine (C=N–C) groups is 1. The van der Waals surface area contributed by atoms with Gasteiger partial charge in [-0.3, -0.25) is 0 Å². The molecular formula is C12H24N3O2PS4. The summed E-state index contributed by atoms with van der Waals surface area (Å²) in [6.45, 7) is 9.92. The minimum atomic E-state index is -2.37. The quantitative estimate of drug-likeness (QED) is 0.470.